The van der Waals surface area contributed by atoms with Gasteiger partial charge in [-0.25, -0.2) is 0 Å². The maximum Gasteiger partial charge on any atom is 0.161 e. The molecule has 3 aromatic rings. The number of ether oxygens (including phenoxy) is 2. The Bertz CT molecular complexity index is 1060. The van der Waals surface area contributed by atoms with Crippen LogP contribution in [0.5, 0.6) is 11.5 Å². The lowest BCUT2D eigenvalue weighted by Gasteiger charge is -2.38. The fraction of sp³-hybridized carbons (Fsp3) is 0.308. The van der Waals surface area contributed by atoms with Crippen molar-refractivity contribution in [1.29, 1.82) is 0 Å². The predicted octanol–water partition coefficient (Wildman–Crippen LogP) is 6.12. The van der Waals surface area contributed by atoms with Crippen molar-refractivity contribution in [3.63, 3.8) is 0 Å². The van der Waals surface area contributed by atoms with E-state index in [2.05, 4.69) is 61.2 Å². The van der Waals surface area contributed by atoms with Crippen molar-refractivity contribution < 1.29 is 9.47 Å². The summed E-state index contributed by atoms with van der Waals surface area (Å²) >= 11 is 6.38. The Morgan fingerprint density at radius 1 is 0.967 bits per heavy atom. The molecule has 0 saturated carbocycles. The second-order valence-electron chi connectivity index (χ2n) is 8.01. The zero-order valence-electron chi connectivity index (χ0n) is 18.0. The van der Waals surface area contributed by atoms with Gasteiger partial charge in [-0.3, -0.25) is 4.90 Å². The lowest BCUT2D eigenvalue weighted by molar-refractivity contribution is 0.203. The highest BCUT2D eigenvalue weighted by Crippen LogP contribution is 2.42. The maximum atomic E-state index is 6.38. The van der Waals surface area contributed by atoms with Crippen molar-refractivity contribution in [2.45, 2.75) is 32.9 Å². The number of hydrogen-bond donors (Lipinski definition) is 0. The van der Waals surface area contributed by atoms with Gasteiger partial charge in [-0.15, -0.1) is 0 Å². The highest BCUT2D eigenvalue weighted by atomic mass is 35.5. The summed E-state index contributed by atoms with van der Waals surface area (Å²) in [7, 11) is 3.38. The van der Waals surface area contributed by atoms with E-state index in [1.165, 1.54) is 33.4 Å². The zero-order chi connectivity index (χ0) is 21.3. The minimum absolute atomic E-state index is 0.105. The van der Waals surface area contributed by atoms with Crippen molar-refractivity contribution in [3.05, 3.63) is 93.0 Å². The van der Waals surface area contributed by atoms with Gasteiger partial charge < -0.3 is 9.47 Å². The van der Waals surface area contributed by atoms with Gasteiger partial charge in [0.05, 0.1) is 20.3 Å². The topological polar surface area (TPSA) is 21.7 Å². The lowest BCUT2D eigenvalue weighted by atomic mass is 9.87. The smallest absolute Gasteiger partial charge is 0.161 e. The van der Waals surface area contributed by atoms with Crippen LogP contribution in [0.3, 0.4) is 0 Å². The highest BCUT2D eigenvalue weighted by Gasteiger charge is 2.30. The van der Waals surface area contributed by atoms with E-state index in [-0.39, 0.29) is 6.04 Å². The lowest BCUT2D eigenvalue weighted by Crippen LogP contribution is -2.36. The van der Waals surface area contributed by atoms with Crippen molar-refractivity contribution >= 4 is 11.6 Å². The molecule has 1 atom stereocenters. The SMILES string of the molecule is COc1cc2c(cc1OC)[C@H](c1cccc(Cl)c1)N(Cc1ccc(C)cc1C)CC2. The maximum absolute atomic E-state index is 6.38. The van der Waals surface area contributed by atoms with E-state index >= 15 is 0 Å². The second kappa shape index (κ2) is 8.71. The van der Waals surface area contributed by atoms with Gasteiger partial charge in [0.1, 0.15) is 0 Å². The van der Waals surface area contributed by atoms with Crippen LogP contribution < -0.4 is 9.47 Å². The molecule has 0 aliphatic carbocycles. The molecule has 0 N–H and O–H groups in total. The molecule has 30 heavy (non-hydrogen) atoms. The number of benzene rings is 3. The van der Waals surface area contributed by atoms with Crippen LogP contribution in [-0.2, 0) is 13.0 Å². The van der Waals surface area contributed by atoms with E-state index < -0.39 is 0 Å². The molecule has 0 bridgehead atoms. The molecule has 0 saturated heterocycles. The summed E-state index contributed by atoms with van der Waals surface area (Å²) in [6.07, 6.45) is 0.970. The molecule has 0 radical (unpaired) electrons. The third-order valence-electron chi connectivity index (χ3n) is 6.01. The molecule has 0 aromatic heterocycles. The third kappa shape index (κ3) is 4.05. The number of hydrogen-bond acceptors (Lipinski definition) is 3. The Morgan fingerprint density at radius 3 is 2.43 bits per heavy atom. The van der Waals surface area contributed by atoms with E-state index in [1.807, 2.05) is 12.1 Å². The number of methoxy groups -OCH3 is 2. The van der Waals surface area contributed by atoms with Gasteiger partial charge in [0.2, 0.25) is 0 Å². The average molecular weight is 422 g/mol. The number of halogens is 1. The van der Waals surface area contributed by atoms with Gasteiger partial charge in [0.15, 0.2) is 11.5 Å². The van der Waals surface area contributed by atoms with E-state index in [4.69, 9.17) is 21.1 Å². The molecule has 0 fully saturated rings. The van der Waals surface area contributed by atoms with Gasteiger partial charge in [0.25, 0.3) is 0 Å². The van der Waals surface area contributed by atoms with E-state index in [0.717, 1.165) is 36.0 Å². The minimum atomic E-state index is 0.105. The molecule has 0 spiro atoms. The van der Waals surface area contributed by atoms with Gasteiger partial charge in [0, 0.05) is 18.1 Å². The molecular weight excluding hydrogens is 394 g/mol. The molecule has 4 heteroatoms. The van der Waals surface area contributed by atoms with Crippen LogP contribution in [-0.4, -0.2) is 25.7 Å². The minimum Gasteiger partial charge on any atom is -0.493 e. The molecule has 4 rings (SSSR count). The first-order valence-corrected chi connectivity index (χ1v) is 10.7. The Kier molecular flexibility index (Phi) is 6.03. The summed E-state index contributed by atoms with van der Waals surface area (Å²) < 4.78 is 11.2. The van der Waals surface area contributed by atoms with Crippen LogP contribution in [0, 0.1) is 13.8 Å². The standard InChI is InChI=1S/C26H28ClNO2/c1-17-8-9-21(18(2)12-17)16-28-11-10-19-14-24(29-3)25(30-4)15-23(19)26(28)20-6-5-7-22(27)13-20/h5-9,12-15,26H,10-11,16H2,1-4H3/t26-/m0/s1. The summed E-state index contributed by atoms with van der Waals surface area (Å²) in [5.41, 5.74) is 7.74. The Morgan fingerprint density at radius 2 is 1.73 bits per heavy atom. The first kappa shape index (κ1) is 20.8. The van der Waals surface area contributed by atoms with E-state index in [1.54, 1.807) is 14.2 Å². The number of nitrogens with zero attached hydrogens (tertiary/aromatic N) is 1. The Balaban J connectivity index is 1.81. The summed E-state index contributed by atoms with van der Waals surface area (Å²) in [4.78, 5) is 2.54. The van der Waals surface area contributed by atoms with Crippen molar-refractivity contribution in [2.75, 3.05) is 20.8 Å². The van der Waals surface area contributed by atoms with Crippen LogP contribution in [0.4, 0.5) is 0 Å². The van der Waals surface area contributed by atoms with Crippen molar-refractivity contribution in [3.8, 4) is 11.5 Å². The molecule has 0 amide bonds. The molecular formula is C26H28ClNO2. The number of aryl methyl sites for hydroxylation is 2. The summed E-state index contributed by atoms with van der Waals surface area (Å²) in [6.45, 7) is 6.19. The van der Waals surface area contributed by atoms with Crippen LogP contribution >= 0.6 is 11.6 Å². The van der Waals surface area contributed by atoms with Gasteiger partial charge in [-0.2, -0.15) is 0 Å². The van der Waals surface area contributed by atoms with Gasteiger partial charge >= 0.3 is 0 Å². The monoisotopic (exact) mass is 421 g/mol. The highest BCUT2D eigenvalue weighted by molar-refractivity contribution is 6.30. The van der Waals surface area contributed by atoms with Crippen LogP contribution in [0.1, 0.15) is 39.4 Å². The molecule has 3 nitrogen and oxygen atoms in total. The second-order valence-corrected chi connectivity index (χ2v) is 8.45. The Labute approximate surface area is 184 Å². The first-order valence-electron chi connectivity index (χ1n) is 10.3. The molecule has 1 aliphatic heterocycles. The van der Waals surface area contributed by atoms with E-state index in [0.29, 0.717) is 0 Å². The molecule has 3 aromatic carbocycles. The summed E-state index contributed by atoms with van der Waals surface area (Å²) in [6, 6.07) is 19.3. The third-order valence-corrected chi connectivity index (χ3v) is 6.24. The summed E-state index contributed by atoms with van der Waals surface area (Å²) in [5.74, 6) is 1.54. The van der Waals surface area contributed by atoms with Crippen LogP contribution in [0.15, 0.2) is 54.6 Å². The number of rotatable bonds is 5. The fourth-order valence-corrected chi connectivity index (χ4v) is 4.68. The largest absolute Gasteiger partial charge is 0.493 e. The first-order chi connectivity index (χ1) is 14.5. The zero-order valence-corrected chi connectivity index (χ0v) is 18.8. The molecule has 1 heterocycles. The number of fused-ring (bicyclic) bond motifs is 1. The Hall–Kier alpha value is -2.49. The normalized spacial score (nSPS) is 16.2. The fourth-order valence-electron chi connectivity index (χ4n) is 4.48. The van der Waals surface area contributed by atoms with Gasteiger partial charge in [-0.05, 0) is 72.4 Å². The van der Waals surface area contributed by atoms with Crippen molar-refractivity contribution in [2.24, 2.45) is 0 Å². The van der Waals surface area contributed by atoms with Crippen LogP contribution in [0.2, 0.25) is 5.02 Å². The molecule has 156 valence electrons. The quantitative estimate of drug-likeness (QED) is 0.495. The van der Waals surface area contributed by atoms with Crippen LogP contribution in [0.25, 0.3) is 0 Å². The molecule has 1 aliphatic rings. The summed E-state index contributed by atoms with van der Waals surface area (Å²) in [5, 5.41) is 0.756. The van der Waals surface area contributed by atoms with Crippen molar-refractivity contribution in [1.82, 2.24) is 4.90 Å². The van der Waals surface area contributed by atoms with E-state index in [9.17, 15) is 0 Å². The molecule has 0 unspecified atom stereocenters. The average Bonchev–Trinajstić information content (AvgIpc) is 2.74. The predicted molar refractivity (Wildman–Crippen MR) is 123 cm³/mol. The van der Waals surface area contributed by atoms with Gasteiger partial charge in [-0.1, -0.05) is 47.5 Å².